The van der Waals surface area contributed by atoms with E-state index in [1.165, 1.54) is 57.3 Å². The summed E-state index contributed by atoms with van der Waals surface area (Å²) in [4.78, 5) is 0. The van der Waals surface area contributed by atoms with Gasteiger partial charge in [0.25, 0.3) is 0 Å². The number of allylic oxidation sites excluding steroid dienone is 2. The van der Waals surface area contributed by atoms with Gasteiger partial charge in [-0.1, -0.05) is 0 Å². The number of hydrogen-bond donors (Lipinski definition) is 0. The van der Waals surface area contributed by atoms with Crippen molar-refractivity contribution in [2.45, 2.75) is 103 Å². The molecule has 0 saturated carbocycles. The molecule has 0 radical (unpaired) electrons. The molecule has 0 nitrogen and oxygen atoms in total. The molecule has 266 valence electrons. The maximum absolute atomic E-state index is 3.74. The van der Waals surface area contributed by atoms with E-state index >= 15 is 0 Å². The molecule has 4 aromatic carbocycles. The van der Waals surface area contributed by atoms with Crippen LogP contribution >= 0.6 is 24.8 Å². The Morgan fingerprint density at radius 1 is 0.680 bits per heavy atom. The van der Waals surface area contributed by atoms with Crippen molar-refractivity contribution in [1.29, 1.82) is 0 Å². The van der Waals surface area contributed by atoms with E-state index in [-0.39, 0.29) is 30.2 Å². The summed E-state index contributed by atoms with van der Waals surface area (Å²) in [6, 6.07) is 33.2. The van der Waals surface area contributed by atoms with Gasteiger partial charge in [0, 0.05) is 0 Å². The zero-order chi connectivity index (χ0) is 34.6. The van der Waals surface area contributed by atoms with Crippen LogP contribution < -0.4 is 0 Å². The summed E-state index contributed by atoms with van der Waals surface area (Å²) in [5, 5.41) is 0. The van der Waals surface area contributed by atoms with Crippen LogP contribution in [0.15, 0.2) is 96.1 Å². The fourth-order valence-electron chi connectivity index (χ4n) is 9.27. The summed E-state index contributed by atoms with van der Waals surface area (Å²) in [5.41, 5.74) is 18.0. The Labute approximate surface area is 319 Å². The standard InChI is InChI=1S/C23H27.C21H23.2CH3.2ClH.H2Si.Zr/c1-5-7-17(4)21-14-20-8-6-9-22(23(20)15-21)19-12-10-18(11-13-19)16(2)3;1-5-15-13-17-7-6-8-19(20(17)14-15)16-9-11-18(12-10-16)21(2,3)4;;;;;;/h6,8-17H,5,7H2,1-4H3;6-14H,5H2,1-4H3;2*1H3;2*1H;1H2;. The Morgan fingerprint density at radius 2 is 1.18 bits per heavy atom. The third-order valence-corrected chi connectivity index (χ3v) is 29.2. The van der Waals surface area contributed by atoms with Crippen LogP contribution in [0.1, 0.15) is 121 Å². The topological polar surface area (TPSA) is 0 Å². The summed E-state index contributed by atoms with van der Waals surface area (Å²) >= 11 is -3.74. The average molecular weight is 803 g/mol. The molecule has 2 aliphatic carbocycles. The van der Waals surface area contributed by atoms with Crippen LogP contribution in [0.5, 0.6) is 0 Å². The molecule has 50 heavy (non-hydrogen) atoms. The summed E-state index contributed by atoms with van der Waals surface area (Å²) in [7, 11) is 0. The zero-order valence-corrected chi connectivity index (χ0v) is 37.7. The predicted molar refractivity (Wildman–Crippen MR) is 227 cm³/mol. The number of benzene rings is 4. The van der Waals surface area contributed by atoms with Gasteiger partial charge in [-0.05, 0) is 0 Å². The van der Waals surface area contributed by atoms with Crippen molar-refractivity contribution in [3.63, 3.8) is 0 Å². The van der Waals surface area contributed by atoms with Gasteiger partial charge in [-0.15, -0.1) is 24.8 Å². The first kappa shape index (κ1) is 40.8. The minimum absolute atomic E-state index is 0. The van der Waals surface area contributed by atoms with Crippen LogP contribution in [0.2, 0.25) is 9.26 Å². The largest absolute Gasteiger partial charge is 0.147 e. The van der Waals surface area contributed by atoms with E-state index in [1.54, 1.807) is 22.3 Å². The summed E-state index contributed by atoms with van der Waals surface area (Å²) in [6.45, 7) is 21.2. The first-order valence-corrected chi connectivity index (χ1v) is 32.3. The normalized spacial score (nSPS) is 17.7. The third-order valence-electron chi connectivity index (χ3n) is 11.8. The van der Waals surface area contributed by atoms with Crippen LogP contribution in [0.25, 0.3) is 34.4 Å². The zero-order valence-electron chi connectivity index (χ0n) is 32.2. The predicted octanol–water partition coefficient (Wildman–Crippen LogP) is 14.0. The molecule has 0 spiro atoms. The van der Waals surface area contributed by atoms with Gasteiger partial charge in [0.2, 0.25) is 0 Å². The maximum Gasteiger partial charge on any atom is -0.147 e. The minimum atomic E-state index is -3.74. The fourth-order valence-corrected chi connectivity index (χ4v) is 29.2. The van der Waals surface area contributed by atoms with E-state index in [2.05, 4.69) is 169 Å². The maximum atomic E-state index is 2.81. The van der Waals surface area contributed by atoms with E-state index in [4.69, 9.17) is 0 Å². The first-order valence-electron chi connectivity index (χ1n) is 18.6. The second-order valence-electron chi connectivity index (χ2n) is 17.4. The number of rotatable bonds is 9. The SMILES string of the molecule is CCCC(C)C1=Cc2c(-c3ccc(C(C)C)cc3)cccc2[CH]1[Zr]([CH3])([CH3])(=[SiH2])[CH]1C(CC)=Cc2c(-c3ccc(C(C)(C)C)cc3)cccc21.Cl.Cl. The Kier molecular flexibility index (Phi) is 12.4. The summed E-state index contributed by atoms with van der Waals surface area (Å²) < 4.78 is 6.67. The second kappa shape index (κ2) is 15.2. The van der Waals surface area contributed by atoms with Crippen molar-refractivity contribution in [2.75, 3.05) is 0 Å². The molecule has 3 unspecified atom stereocenters. The van der Waals surface area contributed by atoms with Crippen LogP contribution in [-0.4, -0.2) is 6.88 Å². The third kappa shape index (κ3) is 7.31. The number of fused-ring (bicyclic) bond motifs is 2. The molecule has 4 heteroatoms. The number of halogens is 2. The molecule has 0 bridgehead atoms. The first-order chi connectivity index (χ1) is 22.6. The van der Waals surface area contributed by atoms with Crippen LogP contribution in [0, 0.1) is 5.92 Å². The Hall–Kier alpha value is -1.96. The average Bonchev–Trinajstić information content (AvgIpc) is 3.65. The molecular weight excluding hydrogens is 743 g/mol. The Bertz CT molecular complexity index is 1970. The molecule has 0 heterocycles. The van der Waals surface area contributed by atoms with Gasteiger partial charge in [-0.25, -0.2) is 0 Å². The van der Waals surface area contributed by atoms with Crippen molar-refractivity contribution >= 4 is 43.8 Å². The minimum Gasteiger partial charge on any atom is -0.147 e. The van der Waals surface area contributed by atoms with Crippen LogP contribution in [0.4, 0.5) is 0 Å². The molecule has 0 aliphatic heterocycles. The molecule has 0 aromatic heterocycles. The van der Waals surface area contributed by atoms with Gasteiger partial charge in [0.1, 0.15) is 0 Å². The molecule has 0 fully saturated rings. The van der Waals surface area contributed by atoms with Crippen molar-refractivity contribution in [2.24, 2.45) is 5.92 Å². The van der Waals surface area contributed by atoms with Gasteiger partial charge in [0.15, 0.2) is 0 Å². The molecule has 0 saturated heterocycles. The molecule has 2 aliphatic rings. The van der Waals surface area contributed by atoms with Crippen molar-refractivity contribution in [1.82, 2.24) is 0 Å². The van der Waals surface area contributed by atoms with Crippen molar-refractivity contribution < 1.29 is 17.4 Å². The number of hydrogen-bond acceptors (Lipinski definition) is 0. The van der Waals surface area contributed by atoms with Gasteiger partial charge >= 0.3 is 297 Å². The van der Waals surface area contributed by atoms with Crippen LogP contribution in [-0.2, 0) is 22.8 Å². The van der Waals surface area contributed by atoms with Crippen molar-refractivity contribution in [3.8, 4) is 22.3 Å². The summed E-state index contributed by atoms with van der Waals surface area (Å²) in [6.07, 6.45) is 8.85. The molecule has 0 N–H and O–H groups in total. The molecule has 3 atom stereocenters. The Balaban J connectivity index is 0.00000281. The summed E-state index contributed by atoms with van der Waals surface area (Å²) in [5.74, 6) is 1.12. The van der Waals surface area contributed by atoms with Gasteiger partial charge in [-0.2, -0.15) is 0 Å². The quantitative estimate of drug-likeness (QED) is 0.148. The molecule has 6 rings (SSSR count). The van der Waals surface area contributed by atoms with Crippen LogP contribution in [0.3, 0.4) is 0 Å². The van der Waals surface area contributed by atoms with Gasteiger partial charge in [0.05, 0.1) is 0 Å². The van der Waals surface area contributed by atoms with E-state index in [0.29, 0.717) is 19.1 Å². The van der Waals surface area contributed by atoms with E-state index in [9.17, 15) is 0 Å². The van der Waals surface area contributed by atoms with Crippen molar-refractivity contribution in [3.05, 3.63) is 129 Å². The van der Waals surface area contributed by atoms with E-state index in [0.717, 1.165) is 6.42 Å². The fraction of sp³-hybridized carbons (Fsp3) is 0.391. The molecule has 0 amide bonds. The van der Waals surface area contributed by atoms with E-state index in [1.807, 2.05) is 0 Å². The van der Waals surface area contributed by atoms with Gasteiger partial charge in [-0.3, -0.25) is 0 Å². The monoisotopic (exact) mass is 800 g/mol. The molecular formula is C46H60Cl2SiZr. The second-order valence-corrected chi connectivity index (χ2v) is 47.9. The van der Waals surface area contributed by atoms with E-state index < -0.39 is 17.4 Å². The smallest absolute Gasteiger partial charge is 0.147 e. The van der Waals surface area contributed by atoms with Gasteiger partial charge < -0.3 is 0 Å². The molecule has 4 aromatic rings. The Morgan fingerprint density at radius 3 is 1.66 bits per heavy atom.